The smallest absolute Gasteiger partial charge is 0.407 e. The Bertz CT molecular complexity index is 400. The molecule has 2 atom stereocenters. The van der Waals surface area contributed by atoms with E-state index in [0.29, 0.717) is 6.61 Å². The van der Waals surface area contributed by atoms with Gasteiger partial charge in [-0.25, -0.2) is 9.59 Å². The molecule has 0 spiro atoms. The van der Waals surface area contributed by atoms with E-state index in [1.165, 1.54) is 70.6 Å². The Hall–Kier alpha value is -1.26. The van der Waals surface area contributed by atoms with E-state index in [0.717, 1.165) is 19.3 Å². The van der Waals surface area contributed by atoms with Crippen molar-refractivity contribution in [1.82, 2.24) is 5.32 Å². The van der Waals surface area contributed by atoms with Crippen LogP contribution in [0.4, 0.5) is 4.79 Å². The number of carbonyl (C=O) groups excluding carboxylic acids is 2. The second-order valence-electron chi connectivity index (χ2n) is 8.14. The van der Waals surface area contributed by atoms with Crippen LogP contribution < -0.4 is 5.32 Å². The lowest BCUT2D eigenvalue weighted by Crippen LogP contribution is -2.46. The van der Waals surface area contributed by atoms with Crippen molar-refractivity contribution in [1.29, 1.82) is 0 Å². The molecule has 0 saturated carbocycles. The van der Waals surface area contributed by atoms with Crippen LogP contribution >= 0.6 is 0 Å². The van der Waals surface area contributed by atoms with Crippen molar-refractivity contribution in [3.63, 3.8) is 0 Å². The van der Waals surface area contributed by atoms with Crippen LogP contribution in [-0.4, -0.2) is 31.3 Å². The number of carbonyl (C=O) groups is 2. The zero-order chi connectivity index (χ0) is 21.7. The summed E-state index contributed by atoms with van der Waals surface area (Å²) in [7, 11) is 0. The van der Waals surface area contributed by atoms with Crippen LogP contribution in [0.15, 0.2) is 0 Å². The summed E-state index contributed by atoms with van der Waals surface area (Å²) in [6, 6.07) is -0.638. The van der Waals surface area contributed by atoms with Crippen LogP contribution in [-0.2, 0) is 14.3 Å². The van der Waals surface area contributed by atoms with Gasteiger partial charge in [-0.2, -0.15) is 0 Å². The number of alkyl carbamates (subject to hydrolysis) is 1. The van der Waals surface area contributed by atoms with Gasteiger partial charge in [0.15, 0.2) is 0 Å². The lowest BCUT2D eigenvalue weighted by molar-refractivity contribution is -0.147. The molecular weight excluding hydrogens is 366 g/mol. The van der Waals surface area contributed by atoms with E-state index < -0.39 is 12.1 Å². The molecule has 29 heavy (non-hydrogen) atoms. The molecule has 0 aliphatic heterocycles. The van der Waals surface area contributed by atoms with E-state index in [9.17, 15) is 9.59 Å². The zero-order valence-electron chi connectivity index (χ0n) is 19.6. The Labute approximate surface area is 179 Å². The van der Waals surface area contributed by atoms with Crippen LogP contribution in [0.3, 0.4) is 0 Å². The second kappa shape index (κ2) is 20.0. The maximum Gasteiger partial charge on any atom is 0.407 e. The lowest BCUT2D eigenvalue weighted by atomic mass is 9.99. The first kappa shape index (κ1) is 27.7. The molecule has 0 fully saturated rings. The molecule has 0 bridgehead atoms. The summed E-state index contributed by atoms with van der Waals surface area (Å²) in [4.78, 5) is 23.9. The molecule has 0 radical (unpaired) electrons. The highest BCUT2D eigenvalue weighted by molar-refractivity contribution is 5.81. The molecule has 2 unspecified atom stereocenters. The van der Waals surface area contributed by atoms with Gasteiger partial charge in [0.1, 0.15) is 6.04 Å². The molecule has 0 aromatic carbocycles. The SMILES string of the molecule is CCCCCCCCCCCCCCCOC(=O)C(NC(=O)OCC)C(C)CC. The number of rotatable bonds is 19. The number of nitrogens with one attached hydrogen (secondary N) is 1. The standard InChI is InChI=1S/C24H47NO4/c1-5-8-9-10-11-12-13-14-15-16-17-18-19-20-29-23(26)22(21(4)6-2)25-24(27)28-7-3/h21-22H,5-20H2,1-4H3,(H,25,27). The predicted octanol–water partition coefficient (Wildman–Crippen LogP) is 6.78. The van der Waals surface area contributed by atoms with Crippen molar-refractivity contribution in [3.05, 3.63) is 0 Å². The minimum atomic E-state index is -0.638. The second-order valence-corrected chi connectivity index (χ2v) is 8.14. The van der Waals surface area contributed by atoms with Gasteiger partial charge < -0.3 is 14.8 Å². The van der Waals surface area contributed by atoms with E-state index in [2.05, 4.69) is 12.2 Å². The molecule has 5 nitrogen and oxygen atoms in total. The van der Waals surface area contributed by atoms with Crippen LogP contribution in [0.5, 0.6) is 0 Å². The average molecular weight is 414 g/mol. The molecule has 1 amide bonds. The molecule has 0 rings (SSSR count). The van der Waals surface area contributed by atoms with Crippen LogP contribution in [0.2, 0.25) is 0 Å². The van der Waals surface area contributed by atoms with Gasteiger partial charge >= 0.3 is 12.1 Å². The minimum Gasteiger partial charge on any atom is -0.464 e. The van der Waals surface area contributed by atoms with Gasteiger partial charge in [-0.3, -0.25) is 0 Å². The Morgan fingerprint density at radius 2 is 1.21 bits per heavy atom. The topological polar surface area (TPSA) is 64.6 Å². The summed E-state index contributed by atoms with van der Waals surface area (Å²) >= 11 is 0. The first-order valence-corrected chi connectivity index (χ1v) is 12.2. The Morgan fingerprint density at radius 1 is 0.724 bits per heavy atom. The molecule has 0 aliphatic rings. The number of amides is 1. The summed E-state index contributed by atoms with van der Waals surface area (Å²) in [5, 5.41) is 2.63. The van der Waals surface area contributed by atoms with Crippen LogP contribution in [0.1, 0.15) is 118 Å². The van der Waals surface area contributed by atoms with Crippen molar-refractivity contribution < 1.29 is 19.1 Å². The van der Waals surface area contributed by atoms with Crippen LogP contribution in [0, 0.1) is 5.92 Å². The van der Waals surface area contributed by atoms with Gasteiger partial charge in [0.25, 0.3) is 0 Å². The molecular formula is C24H47NO4. The first-order valence-electron chi connectivity index (χ1n) is 12.2. The molecule has 0 aromatic rings. The highest BCUT2D eigenvalue weighted by Crippen LogP contribution is 2.13. The predicted molar refractivity (Wildman–Crippen MR) is 120 cm³/mol. The highest BCUT2D eigenvalue weighted by Gasteiger charge is 2.27. The third-order valence-corrected chi connectivity index (χ3v) is 5.51. The van der Waals surface area contributed by atoms with E-state index in [1.807, 2.05) is 13.8 Å². The van der Waals surface area contributed by atoms with Gasteiger partial charge in [0.05, 0.1) is 13.2 Å². The van der Waals surface area contributed by atoms with Gasteiger partial charge in [0, 0.05) is 0 Å². The minimum absolute atomic E-state index is 0.0125. The fourth-order valence-electron chi connectivity index (χ4n) is 3.35. The number of ether oxygens (including phenoxy) is 2. The van der Waals surface area contributed by atoms with Crippen molar-refractivity contribution in [2.24, 2.45) is 5.92 Å². The molecule has 172 valence electrons. The summed E-state index contributed by atoms with van der Waals surface area (Å²) in [6.45, 7) is 8.64. The molecule has 0 heterocycles. The largest absolute Gasteiger partial charge is 0.464 e. The molecule has 1 N–H and O–H groups in total. The fourth-order valence-corrected chi connectivity index (χ4v) is 3.35. The van der Waals surface area contributed by atoms with E-state index in [4.69, 9.17) is 9.47 Å². The maximum atomic E-state index is 12.3. The number of hydrogen-bond donors (Lipinski definition) is 1. The number of esters is 1. The summed E-state index contributed by atoms with van der Waals surface area (Å²) in [5.41, 5.74) is 0. The normalized spacial score (nSPS) is 13.0. The third kappa shape index (κ3) is 16.2. The average Bonchev–Trinajstić information content (AvgIpc) is 2.71. The Morgan fingerprint density at radius 3 is 1.66 bits per heavy atom. The number of unbranched alkanes of at least 4 members (excludes halogenated alkanes) is 12. The van der Waals surface area contributed by atoms with Gasteiger partial charge in [-0.05, 0) is 19.3 Å². The van der Waals surface area contributed by atoms with Gasteiger partial charge in [0.2, 0.25) is 0 Å². The molecule has 5 heteroatoms. The Kier molecular flexibility index (Phi) is 19.2. The summed E-state index contributed by atoms with van der Waals surface area (Å²) < 4.78 is 10.3. The molecule has 0 aliphatic carbocycles. The number of hydrogen-bond acceptors (Lipinski definition) is 4. The van der Waals surface area contributed by atoms with Crippen molar-refractivity contribution in [2.45, 2.75) is 124 Å². The van der Waals surface area contributed by atoms with E-state index in [1.54, 1.807) is 6.92 Å². The van der Waals surface area contributed by atoms with E-state index >= 15 is 0 Å². The highest BCUT2D eigenvalue weighted by atomic mass is 16.6. The van der Waals surface area contributed by atoms with Gasteiger partial charge in [-0.15, -0.1) is 0 Å². The van der Waals surface area contributed by atoms with Crippen molar-refractivity contribution in [2.75, 3.05) is 13.2 Å². The quantitative estimate of drug-likeness (QED) is 0.187. The third-order valence-electron chi connectivity index (χ3n) is 5.51. The molecule has 0 aromatic heterocycles. The van der Waals surface area contributed by atoms with Crippen molar-refractivity contribution >= 4 is 12.1 Å². The van der Waals surface area contributed by atoms with Crippen molar-refractivity contribution in [3.8, 4) is 0 Å². The lowest BCUT2D eigenvalue weighted by Gasteiger charge is -2.22. The summed E-state index contributed by atoms with van der Waals surface area (Å²) in [5.74, 6) is -0.343. The Balaban J connectivity index is 3.69. The molecule has 0 saturated heterocycles. The summed E-state index contributed by atoms with van der Waals surface area (Å²) in [6.07, 6.45) is 17.0. The maximum absolute atomic E-state index is 12.3. The zero-order valence-corrected chi connectivity index (χ0v) is 19.6. The first-order chi connectivity index (χ1) is 14.1. The van der Waals surface area contributed by atoms with Crippen LogP contribution in [0.25, 0.3) is 0 Å². The van der Waals surface area contributed by atoms with E-state index in [-0.39, 0.29) is 18.5 Å². The monoisotopic (exact) mass is 413 g/mol. The fraction of sp³-hybridized carbons (Fsp3) is 0.917. The van der Waals surface area contributed by atoms with Gasteiger partial charge in [-0.1, -0.05) is 104 Å².